The molecule has 0 radical (unpaired) electrons. The number of aromatic amines is 1. The number of nitrogens with one attached hydrogen (secondary N) is 1. The Bertz CT molecular complexity index is 728. The molecular formula is C17H20N2O2. The van der Waals surface area contributed by atoms with Crippen molar-refractivity contribution in [2.24, 2.45) is 0 Å². The van der Waals surface area contributed by atoms with Gasteiger partial charge in [0.15, 0.2) is 0 Å². The molecule has 0 saturated heterocycles. The lowest BCUT2D eigenvalue weighted by Crippen LogP contribution is -2.33. The number of hydrogen-bond donors (Lipinski definition) is 1. The maximum atomic E-state index is 11.9. The Labute approximate surface area is 124 Å². The molecule has 0 saturated carbocycles. The number of methoxy groups -OCH3 is 1. The van der Waals surface area contributed by atoms with Gasteiger partial charge in [-0.25, -0.2) is 0 Å². The molecule has 21 heavy (non-hydrogen) atoms. The Morgan fingerprint density at radius 3 is 2.95 bits per heavy atom. The zero-order valence-electron chi connectivity index (χ0n) is 12.7. The predicted molar refractivity (Wildman–Crippen MR) is 84.2 cm³/mol. The highest BCUT2D eigenvalue weighted by molar-refractivity contribution is 5.94. The minimum absolute atomic E-state index is 0.0941. The molecule has 0 spiro atoms. The van der Waals surface area contributed by atoms with Crippen LogP contribution in [-0.2, 0) is 11.2 Å². The molecule has 110 valence electrons. The van der Waals surface area contributed by atoms with Gasteiger partial charge in [-0.1, -0.05) is 13.0 Å². The maximum absolute atomic E-state index is 11.9. The smallest absolute Gasteiger partial charge is 0.223 e. The Kier molecular flexibility index (Phi) is 3.45. The van der Waals surface area contributed by atoms with Crippen molar-refractivity contribution >= 4 is 22.5 Å². The van der Waals surface area contributed by atoms with E-state index in [2.05, 4.69) is 24.1 Å². The van der Waals surface area contributed by atoms with Gasteiger partial charge in [0.05, 0.1) is 18.5 Å². The van der Waals surface area contributed by atoms with Crippen LogP contribution < -0.4 is 4.74 Å². The van der Waals surface area contributed by atoms with Crippen LogP contribution in [0.25, 0.3) is 16.6 Å². The molecule has 4 nitrogen and oxygen atoms in total. The normalized spacial score (nSPS) is 16.3. The molecule has 0 bridgehead atoms. The van der Waals surface area contributed by atoms with Gasteiger partial charge in [-0.15, -0.1) is 0 Å². The van der Waals surface area contributed by atoms with Gasteiger partial charge >= 0.3 is 0 Å². The van der Waals surface area contributed by atoms with E-state index in [-0.39, 0.29) is 5.91 Å². The zero-order valence-corrected chi connectivity index (χ0v) is 12.7. The van der Waals surface area contributed by atoms with Crippen molar-refractivity contribution in [3.8, 4) is 5.75 Å². The second-order valence-corrected chi connectivity index (χ2v) is 5.31. The minimum Gasteiger partial charge on any atom is -0.497 e. The molecule has 0 unspecified atom stereocenters. The van der Waals surface area contributed by atoms with Crippen molar-refractivity contribution in [1.29, 1.82) is 0 Å². The highest BCUT2D eigenvalue weighted by Gasteiger charge is 2.26. The van der Waals surface area contributed by atoms with Crippen LogP contribution in [0.1, 0.15) is 31.5 Å². The molecule has 1 aliphatic heterocycles. The van der Waals surface area contributed by atoms with E-state index in [9.17, 15) is 4.79 Å². The number of amides is 1. The summed E-state index contributed by atoms with van der Waals surface area (Å²) in [6, 6.07) is 6.06. The van der Waals surface area contributed by atoms with Crippen LogP contribution in [-0.4, -0.2) is 29.4 Å². The van der Waals surface area contributed by atoms with Gasteiger partial charge in [-0.2, -0.15) is 0 Å². The molecule has 2 aromatic rings. The number of carbonyl (C=O) groups excluding carboxylic acids is 1. The fourth-order valence-corrected chi connectivity index (χ4v) is 3.04. The first kappa shape index (κ1) is 13.7. The van der Waals surface area contributed by atoms with E-state index in [4.69, 9.17) is 4.74 Å². The van der Waals surface area contributed by atoms with Gasteiger partial charge in [0.2, 0.25) is 5.91 Å². The molecule has 1 aromatic heterocycles. The standard InChI is InChI=1S/C17H20N2O2/c1-4-5-16-17-13(8-9-19(16)11(2)20)14-10-12(21-3)6-7-15(14)18-17/h5-7,10,18H,4,8-9H2,1-3H3. The molecule has 0 aliphatic carbocycles. The second-order valence-electron chi connectivity index (χ2n) is 5.31. The molecular weight excluding hydrogens is 264 g/mol. The molecule has 1 aromatic carbocycles. The highest BCUT2D eigenvalue weighted by atomic mass is 16.5. The van der Waals surface area contributed by atoms with Gasteiger partial charge < -0.3 is 14.6 Å². The van der Waals surface area contributed by atoms with Crippen molar-refractivity contribution in [1.82, 2.24) is 9.88 Å². The molecule has 1 aliphatic rings. The van der Waals surface area contributed by atoms with Crippen LogP contribution >= 0.6 is 0 Å². The third kappa shape index (κ3) is 2.20. The molecule has 0 fully saturated rings. The van der Waals surface area contributed by atoms with E-state index in [1.807, 2.05) is 17.0 Å². The lowest BCUT2D eigenvalue weighted by molar-refractivity contribution is -0.125. The predicted octanol–water partition coefficient (Wildman–Crippen LogP) is 3.33. The number of aromatic nitrogens is 1. The van der Waals surface area contributed by atoms with Crippen molar-refractivity contribution in [2.45, 2.75) is 26.7 Å². The summed E-state index contributed by atoms with van der Waals surface area (Å²) in [5.41, 5.74) is 4.44. The minimum atomic E-state index is 0.0941. The summed E-state index contributed by atoms with van der Waals surface area (Å²) < 4.78 is 5.32. The van der Waals surface area contributed by atoms with Crippen LogP contribution in [0.5, 0.6) is 5.75 Å². The Balaban J connectivity index is 2.19. The monoisotopic (exact) mass is 284 g/mol. The van der Waals surface area contributed by atoms with Crippen molar-refractivity contribution < 1.29 is 9.53 Å². The van der Waals surface area contributed by atoms with Crippen molar-refractivity contribution in [3.05, 3.63) is 35.5 Å². The molecule has 4 heteroatoms. The summed E-state index contributed by atoms with van der Waals surface area (Å²) in [6.45, 7) is 4.45. The highest BCUT2D eigenvalue weighted by Crippen LogP contribution is 2.35. The number of hydrogen-bond acceptors (Lipinski definition) is 2. The fourth-order valence-electron chi connectivity index (χ4n) is 3.04. The van der Waals surface area contributed by atoms with Gasteiger partial charge in [0.1, 0.15) is 5.75 Å². The van der Waals surface area contributed by atoms with E-state index in [1.165, 1.54) is 10.9 Å². The topological polar surface area (TPSA) is 45.3 Å². The lowest BCUT2D eigenvalue weighted by atomic mass is 10.00. The largest absolute Gasteiger partial charge is 0.497 e. The summed E-state index contributed by atoms with van der Waals surface area (Å²) in [4.78, 5) is 17.2. The summed E-state index contributed by atoms with van der Waals surface area (Å²) in [6.07, 6.45) is 3.88. The summed E-state index contributed by atoms with van der Waals surface area (Å²) in [5, 5.41) is 1.19. The van der Waals surface area contributed by atoms with Crippen LogP contribution in [0.15, 0.2) is 24.3 Å². The van der Waals surface area contributed by atoms with Crippen LogP contribution in [0, 0.1) is 0 Å². The molecule has 1 amide bonds. The zero-order chi connectivity index (χ0) is 15.0. The number of ether oxygens (including phenoxy) is 1. The first-order valence-corrected chi connectivity index (χ1v) is 7.33. The van der Waals surface area contributed by atoms with E-state index in [0.717, 1.165) is 42.0 Å². The van der Waals surface area contributed by atoms with Crippen LogP contribution in [0.4, 0.5) is 0 Å². The molecule has 2 heterocycles. The Morgan fingerprint density at radius 2 is 2.29 bits per heavy atom. The quantitative estimate of drug-likeness (QED) is 0.919. The van der Waals surface area contributed by atoms with Crippen LogP contribution in [0.3, 0.4) is 0 Å². The maximum Gasteiger partial charge on any atom is 0.223 e. The van der Waals surface area contributed by atoms with E-state index in [1.54, 1.807) is 14.0 Å². The third-order valence-corrected chi connectivity index (χ3v) is 4.02. The van der Waals surface area contributed by atoms with Crippen molar-refractivity contribution in [3.63, 3.8) is 0 Å². The van der Waals surface area contributed by atoms with Gasteiger partial charge in [-0.05, 0) is 36.6 Å². The number of benzene rings is 1. The average molecular weight is 284 g/mol. The Morgan fingerprint density at radius 1 is 1.48 bits per heavy atom. The number of allylic oxidation sites excluding steroid dienone is 1. The first-order chi connectivity index (χ1) is 10.2. The molecule has 1 N–H and O–H groups in total. The van der Waals surface area contributed by atoms with Gasteiger partial charge in [0, 0.05) is 24.4 Å². The SMILES string of the molecule is CCC=C1c2[nH]c3ccc(OC)cc3c2CCN1C(C)=O. The third-order valence-electron chi connectivity index (χ3n) is 4.02. The fraction of sp³-hybridized carbons (Fsp3) is 0.353. The lowest BCUT2D eigenvalue weighted by Gasteiger charge is -2.29. The molecule has 0 atom stereocenters. The van der Waals surface area contributed by atoms with Gasteiger partial charge in [-0.3, -0.25) is 4.79 Å². The summed E-state index contributed by atoms with van der Waals surface area (Å²) in [5.74, 6) is 0.955. The molecule has 3 rings (SSSR count). The first-order valence-electron chi connectivity index (χ1n) is 7.33. The number of carbonyl (C=O) groups is 1. The number of fused-ring (bicyclic) bond motifs is 3. The van der Waals surface area contributed by atoms with E-state index in [0.29, 0.717) is 0 Å². The number of H-pyrrole nitrogens is 1. The van der Waals surface area contributed by atoms with E-state index >= 15 is 0 Å². The summed E-state index contributed by atoms with van der Waals surface area (Å²) in [7, 11) is 1.68. The summed E-state index contributed by atoms with van der Waals surface area (Å²) >= 11 is 0. The second kappa shape index (κ2) is 5.28. The van der Waals surface area contributed by atoms with Gasteiger partial charge in [0.25, 0.3) is 0 Å². The van der Waals surface area contributed by atoms with Crippen molar-refractivity contribution in [2.75, 3.05) is 13.7 Å². The van der Waals surface area contributed by atoms with Crippen LogP contribution in [0.2, 0.25) is 0 Å². The Hall–Kier alpha value is -2.23. The average Bonchev–Trinajstić information content (AvgIpc) is 2.85. The number of rotatable bonds is 2. The number of nitrogens with zero attached hydrogens (tertiary/aromatic N) is 1. The van der Waals surface area contributed by atoms with E-state index < -0.39 is 0 Å².